The van der Waals surface area contributed by atoms with Crippen LogP contribution in [-0.4, -0.2) is 36.0 Å². The van der Waals surface area contributed by atoms with E-state index in [0.29, 0.717) is 17.1 Å². The first-order chi connectivity index (χ1) is 11.4. The van der Waals surface area contributed by atoms with E-state index < -0.39 is 11.9 Å². The van der Waals surface area contributed by atoms with Crippen LogP contribution in [0.5, 0.6) is 0 Å². The summed E-state index contributed by atoms with van der Waals surface area (Å²) >= 11 is 12.0. The maximum Gasteiger partial charge on any atom is 0.253 e. The highest BCUT2D eigenvalue weighted by molar-refractivity contribution is 6.43. The zero-order chi connectivity index (χ0) is 17.3. The molecule has 2 amide bonds. The molecule has 2 aliphatic rings. The summed E-state index contributed by atoms with van der Waals surface area (Å²) in [5.41, 5.74) is 0.267. The van der Waals surface area contributed by atoms with Gasteiger partial charge in [0.25, 0.3) is 5.91 Å². The number of nitrogens with one attached hydrogen (secondary N) is 3. The van der Waals surface area contributed by atoms with E-state index in [2.05, 4.69) is 16.0 Å². The maximum absolute atomic E-state index is 12.4. The second kappa shape index (κ2) is 8.58. The third kappa shape index (κ3) is 4.79. The van der Waals surface area contributed by atoms with E-state index in [-0.39, 0.29) is 34.9 Å². The van der Waals surface area contributed by atoms with Gasteiger partial charge in [0.05, 0.1) is 15.6 Å². The molecule has 3 unspecified atom stereocenters. The Kier molecular flexibility index (Phi) is 6.97. The van der Waals surface area contributed by atoms with Gasteiger partial charge in [-0.3, -0.25) is 9.59 Å². The van der Waals surface area contributed by atoms with Gasteiger partial charge in [-0.1, -0.05) is 29.3 Å². The molecule has 8 heteroatoms. The SMILES string of the molecule is CC(NC(=O)c1cccc(Cl)c1Cl)C(=O)NC1CC2CCC(C1)N2.Cl. The van der Waals surface area contributed by atoms with Crippen LogP contribution in [0.25, 0.3) is 0 Å². The summed E-state index contributed by atoms with van der Waals surface area (Å²) in [6.07, 6.45) is 4.25. The predicted octanol–water partition coefficient (Wildman–Crippen LogP) is 2.93. The average molecular weight is 407 g/mol. The lowest BCUT2D eigenvalue weighted by molar-refractivity contribution is -0.123. The van der Waals surface area contributed by atoms with E-state index in [4.69, 9.17) is 23.2 Å². The predicted molar refractivity (Wildman–Crippen MR) is 102 cm³/mol. The number of carbonyl (C=O) groups excluding carboxylic acids is 2. The molecule has 0 aromatic heterocycles. The fourth-order valence-electron chi connectivity index (χ4n) is 3.52. The highest BCUT2D eigenvalue weighted by Gasteiger charge is 2.34. The molecular weight excluding hydrogens is 385 g/mol. The molecule has 2 heterocycles. The number of benzene rings is 1. The number of carbonyl (C=O) groups is 2. The van der Waals surface area contributed by atoms with E-state index in [9.17, 15) is 9.59 Å². The van der Waals surface area contributed by atoms with Crippen LogP contribution >= 0.6 is 35.6 Å². The fraction of sp³-hybridized carbons (Fsp3) is 0.529. The van der Waals surface area contributed by atoms with Crippen LogP contribution in [0.2, 0.25) is 10.0 Å². The van der Waals surface area contributed by atoms with Crippen molar-refractivity contribution in [2.45, 2.75) is 56.8 Å². The lowest BCUT2D eigenvalue weighted by Crippen LogP contribution is -2.52. The summed E-state index contributed by atoms with van der Waals surface area (Å²) < 4.78 is 0. The van der Waals surface area contributed by atoms with E-state index in [1.807, 2.05) is 0 Å². The quantitative estimate of drug-likeness (QED) is 0.720. The maximum atomic E-state index is 12.4. The van der Waals surface area contributed by atoms with E-state index in [1.54, 1.807) is 25.1 Å². The van der Waals surface area contributed by atoms with Gasteiger partial charge in [0.1, 0.15) is 6.04 Å². The minimum atomic E-state index is -0.639. The van der Waals surface area contributed by atoms with Gasteiger partial charge >= 0.3 is 0 Å². The normalized spacial score (nSPS) is 25.6. The fourth-order valence-corrected chi connectivity index (χ4v) is 3.91. The van der Waals surface area contributed by atoms with Gasteiger partial charge in [-0.2, -0.15) is 0 Å². The van der Waals surface area contributed by atoms with Crippen LogP contribution in [0.4, 0.5) is 0 Å². The molecule has 2 bridgehead atoms. The Morgan fingerprint density at radius 2 is 1.84 bits per heavy atom. The van der Waals surface area contributed by atoms with Gasteiger partial charge < -0.3 is 16.0 Å². The Morgan fingerprint density at radius 3 is 2.48 bits per heavy atom. The van der Waals surface area contributed by atoms with Gasteiger partial charge in [0.15, 0.2) is 0 Å². The number of hydrogen-bond acceptors (Lipinski definition) is 3. The van der Waals surface area contributed by atoms with Crippen LogP contribution in [-0.2, 0) is 4.79 Å². The Balaban J connectivity index is 0.00000225. The van der Waals surface area contributed by atoms with Crippen LogP contribution in [0.3, 0.4) is 0 Å². The molecule has 0 aliphatic carbocycles. The molecule has 5 nitrogen and oxygen atoms in total. The van der Waals surface area contributed by atoms with Crippen molar-refractivity contribution in [2.24, 2.45) is 0 Å². The van der Waals surface area contributed by atoms with Crippen LogP contribution in [0, 0.1) is 0 Å². The monoisotopic (exact) mass is 405 g/mol. The first kappa shape index (κ1) is 20.3. The second-order valence-electron chi connectivity index (χ2n) is 6.61. The van der Waals surface area contributed by atoms with E-state index in [0.717, 1.165) is 12.8 Å². The second-order valence-corrected chi connectivity index (χ2v) is 7.40. The molecule has 2 aliphatic heterocycles. The van der Waals surface area contributed by atoms with Crippen molar-refractivity contribution >= 4 is 47.4 Å². The first-order valence-corrected chi connectivity index (χ1v) is 9.01. The van der Waals surface area contributed by atoms with Crippen molar-refractivity contribution in [3.05, 3.63) is 33.8 Å². The van der Waals surface area contributed by atoms with Crippen LogP contribution in [0.1, 0.15) is 43.0 Å². The van der Waals surface area contributed by atoms with Crippen molar-refractivity contribution in [3.63, 3.8) is 0 Å². The Hall–Kier alpha value is -1.01. The number of hydrogen-bond donors (Lipinski definition) is 3. The molecule has 2 fully saturated rings. The smallest absolute Gasteiger partial charge is 0.253 e. The summed E-state index contributed by atoms with van der Waals surface area (Å²) in [5, 5.41) is 9.78. The number of rotatable bonds is 4. The molecule has 1 aromatic rings. The molecule has 1 aromatic carbocycles. The highest BCUT2D eigenvalue weighted by atomic mass is 35.5. The van der Waals surface area contributed by atoms with Crippen molar-refractivity contribution < 1.29 is 9.59 Å². The number of piperidine rings is 1. The molecule has 0 spiro atoms. The van der Waals surface area contributed by atoms with Crippen molar-refractivity contribution in [1.82, 2.24) is 16.0 Å². The molecule has 2 saturated heterocycles. The van der Waals surface area contributed by atoms with Crippen LogP contribution in [0.15, 0.2) is 18.2 Å². The van der Waals surface area contributed by atoms with Gasteiger partial charge in [-0.05, 0) is 44.7 Å². The van der Waals surface area contributed by atoms with E-state index in [1.165, 1.54) is 12.8 Å². The largest absolute Gasteiger partial charge is 0.351 e. The van der Waals surface area contributed by atoms with Crippen molar-refractivity contribution in [2.75, 3.05) is 0 Å². The molecule has 3 atom stereocenters. The summed E-state index contributed by atoms with van der Waals surface area (Å²) in [4.78, 5) is 24.7. The zero-order valence-corrected chi connectivity index (χ0v) is 16.2. The van der Waals surface area contributed by atoms with Gasteiger partial charge in [-0.25, -0.2) is 0 Å². The Bertz CT molecular complexity index is 644. The molecule has 25 heavy (non-hydrogen) atoms. The van der Waals surface area contributed by atoms with Crippen molar-refractivity contribution in [3.8, 4) is 0 Å². The van der Waals surface area contributed by atoms with Crippen LogP contribution < -0.4 is 16.0 Å². The minimum absolute atomic E-state index is 0. The van der Waals surface area contributed by atoms with Gasteiger partial charge in [0, 0.05) is 18.1 Å². The topological polar surface area (TPSA) is 70.2 Å². The Labute approximate surface area is 163 Å². The molecule has 3 rings (SSSR count). The van der Waals surface area contributed by atoms with Crippen molar-refractivity contribution in [1.29, 1.82) is 0 Å². The minimum Gasteiger partial charge on any atom is -0.351 e. The molecule has 0 saturated carbocycles. The Morgan fingerprint density at radius 1 is 1.20 bits per heavy atom. The number of halogens is 3. The third-order valence-corrected chi connectivity index (χ3v) is 5.58. The summed E-state index contributed by atoms with van der Waals surface area (Å²) in [7, 11) is 0. The number of amides is 2. The van der Waals surface area contributed by atoms with E-state index >= 15 is 0 Å². The molecule has 138 valence electrons. The standard InChI is InChI=1S/C17H21Cl2N3O2.ClH/c1-9(20-17(24)13-3-2-4-14(18)15(13)19)16(23)22-12-7-10-5-6-11(8-12)21-10;/h2-4,9-12,21H,5-8H2,1H3,(H,20,24)(H,22,23);1H. The lowest BCUT2D eigenvalue weighted by atomic mass is 9.99. The summed E-state index contributed by atoms with van der Waals surface area (Å²) in [6.45, 7) is 1.67. The average Bonchev–Trinajstić information content (AvgIpc) is 2.88. The summed E-state index contributed by atoms with van der Waals surface area (Å²) in [5.74, 6) is -0.580. The lowest BCUT2D eigenvalue weighted by Gasteiger charge is -2.30. The molecule has 0 radical (unpaired) electrons. The van der Waals surface area contributed by atoms with Gasteiger partial charge in [0.2, 0.25) is 5.91 Å². The molecule has 3 N–H and O–H groups in total. The molecular formula is C17H22Cl3N3O2. The van der Waals surface area contributed by atoms with Gasteiger partial charge in [-0.15, -0.1) is 12.4 Å². The zero-order valence-electron chi connectivity index (χ0n) is 13.9. The highest BCUT2D eigenvalue weighted by Crippen LogP contribution is 2.27. The number of fused-ring (bicyclic) bond motifs is 2. The first-order valence-electron chi connectivity index (χ1n) is 8.25. The summed E-state index contributed by atoms with van der Waals surface area (Å²) in [6, 6.07) is 5.39. The third-order valence-electron chi connectivity index (χ3n) is 4.76.